The van der Waals surface area contributed by atoms with Crippen LogP contribution < -0.4 is 0 Å². The number of hydrogen-bond acceptors (Lipinski definition) is 18. The van der Waals surface area contributed by atoms with Crippen molar-refractivity contribution in [2.45, 2.75) is 154 Å². The molecule has 0 saturated carbocycles. The van der Waals surface area contributed by atoms with Crippen molar-refractivity contribution in [3.8, 4) is 0 Å². The fourth-order valence-corrected chi connectivity index (χ4v) is 15.3. The first-order valence-electron chi connectivity index (χ1n) is 28.1. The quantitative estimate of drug-likeness (QED) is 0.0418. The zero-order chi connectivity index (χ0) is 55.1. The summed E-state index contributed by atoms with van der Waals surface area (Å²) >= 11 is 0. The molecule has 0 aliphatic heterocycles. The highest BCUT2D eigenvalue weighted by Gasteiger charge is 2.44. The van der Waals surface area contributed by atoms with Gasteiger partial charge in [-0.3, -0.25) is 4.90 Å². The minimum atomic E-state index is -2.90. The van der Waals surface area contributed by atoms with E-state index in [9.17, 15) is 0 Å². The van der Waals surface area contributed by atoms with E-state index in [1.165, 1.54) is 57.8 Å². The molecule has 1 atom stereocenters. The number of nitrogens with zero attached hydrogens (tertiary/aromatic N) is 1. The molecule has 0 radical (unpaired) electrons. The van der Waals surface area contributed by atoms with Crippen LogP contribution in [0.2, 0.25) is 18.1 Å². The molecule has 0 heterocycles. The van der Waals surface area contributed by atoms with Crippen LogP contribution in [0.5, 0.6) is 0 Å². The Bertz CT molecular complexity index is 1100. The second-order valence-corrected chi connectivity index (χ2v) is 28.8. The summed E-state index contributed by atoms with van der Waals surface area (Å²) in [6.07, 6.45) is 17.8. The monoisotopic (exact) mass is 1120 g/mol. The van der Waals surface area contributed by atoms with Crippen molar-refractivity contribution in [2.24, 2.45) is 10.8 Å². The second kappa shape index (κ2) is 47.7. The molecule has 74 heavy (non-hydrogen) atoms. The summed E-state index contributed by atoms with van der Waals surface area (Å²) in [5.74, 6) is 0. The fraction of sp³-hybridized carbons (Fsp3) is 1.00. The first kappa shape index (κ1) is 73.9. The van der Waals surface area contributed by atoms with Crippen LogP contribution in [0.15, 0.2) is 0 Å². The van der Waals surface area contributed by atoms with Gasteiger partial charge in [-0.1, -0.05) is 59.3 Å². The van der Waals surface area contributed by atoms with Gasteiger partial charge in [0.2, 0.25) is 0 Å². The normalized spacial score (nSPS) is 13.5. The smallest absolute Gasteiger partial charge is 0.382 e. The van der Waals surface area contributed by atoms with E-state index in [1.807, 2.05) is 0 Å². The van der Waals surface area contributed by atoms with Crippen LogP contribution in [0.3, 0.4) is 0 Å². The first-order chi connectivity index (χ1) is 35.9. The minimum absolute atomic E-state index is 0.149. The van der Waals surface area contributed by atoms with Crippen LogP contribution in [0.25, 0.3) is 0 Å². The zero-order valence-corrected chi connectivity index (χ0v) is 52.9. The van der Waals surface area contributed by atoms with Gasteiger partial charge in [0.15, 0.2) is 0 Å². The van der Waals surface area contributed by atoms with E-state index >= 15 is 0 Å². The number of rotatable bonds is 59. The Kier molecular flexibility index (Phi) is 47.7. The predicted octanol–water partition coefficient (Wildman–Crippen LogP) is 9.35. The molecular formula is C53H115NO17Si3. The molecule has 0 aliphatic rings. The summed E-state index contributed by atoms with van der Waals surface area (Å²) < 4.78 is 100. The molecule has 0 aromatic heterocycles. The van der Waals surface area contributed by atoms with Gasteiger partial charge in [0.25, 0.3) is 0 Å². The highest BCUT2D eigenvalue weighted by molar-refractivity contribution is 6.61. The van der Waals surface area contributed by atoms with Crippen molar-refractivity contribution in [2.75, 3.05) is 184 Å². The van der Waals surface area contributed by atoms with E-state index in [2.05, 4.69) is 25.7 Å². The zero-order valence-electron chi connectivity index (χ0n) is 49.9. The fourth-order valence-electron chi connectivity index (χ4n) is 10.2. The standard InChI is InChI=1S/C53H115NO17Si3/c1-15-18-25-53(26-19-16-2,27-20-17-3)50-54(31-33-67-39-41-71-45-43-69-37-35-56-5)51(24-32-66-38-40-70-44-42-68-36-34-55-4)49-52(28-21-46-72(57-6,58-7)59-8,29-22-47-73(60-9,61-10)62-11)30-23-48-74(63-12,64-13)65-14/h51H,15-50H2,1-14H3. The molecule has 18 nitrogen and oxygen atoms in total. The molecule has 0 rings (SSSR count). The van der Waals surface area contributed by atoms with Crippen molar-refractivity contribution in [1.82, 2.24) is 4.90 Å². The highest BCUT2D eigenvalue weighted by atomic mass is 28.4. The maximum atomic E-state index is 6.51. The van der Waals surface area contributed by atoms with E-state index in [0.29, 0.717) is 111 Å². The Labute approximate surface area is 456 Å². The van der Waals surface area contributed by atoms with Crippen molar-refractivity contribution >= 4 is 26.4 Å². The number of hydrogen-bond donors (Lipinski definition) is 0. The topological polar surface area (TPSA) is 160 Å². The molecule has 0 spiro atoms. The summed E-state index contributed by atoms with van der Waals surface area (Å²) in [7, 11) is 9.96. The van der Waals surface area contributed by atoms with Gasteiger partial charge in [-0.05, 0) is 81.5 Å². The number of methoxy groups -OCH3 is 2. The molecule has 0 aliphatic carbocycles. The van der Waals surface area contributed by atoms with Crippen molar-refractivity contribution < 1.29 is 77.7 Å². The van der Waals surface area contributed by atoms with Gasteiger partial charge in [0.05, 0.1) is 85.9 Å². The van der Waals surface area contributed by atoms with Gasteiger partial charge in [0, 0.05) is 122 Å². The molecule has 0 amide bonds. The first-order valence-corrected chi connectivity index (χ1v) is 33.9. The van der Waals surface area contributed by atoms with Gasteiger partial charge < -0.3 is 77.7 Å². The van der Waals surface area contributed by atoms with Gasteiger partial charge in [-0.2, -0.15) is 0 Å². The van der Waals surface area contributed by atoms with Gasteiger partial charge in [-0.25, -0.2) is 0 Å². The molecule has 0 N–H and O–H groups in total. The minimum Gasteiger partial charge on any atom is -0.382 e. The third-order valence-electron chi connectivity index (χ3n) is 14.7. The molecule has 446 valence electrons. The average Bonchev–Trinajstić information content (AvgIpc) is 3.43. The van der Waals surface area contributed by atoms with E-state index < -0.39 is 26.4 Å². The number of unbranched alkanes of at least 4 members (excludes halogenated alkanes) is 3. The summed E-state index contributed by atoms with van der Waals surface area (Å²) in [5.41, 5.74) is -0.00937. The van der Waals surface area contributed by atoms with E-state index in [-0.39, 0.29) is 16.9 Å². The van der Waals surface area contributed by atoms with Crippen LogP contribution in [-0.4, -0.2) is 221 Å². The van der Waals surface area contributed by atoms with Gasteiger partial charge in [0.1, 0.15) is 0 Å². The Morgan fingerprint density at radius 2 is 0.622 bits per heavy atom. The largest absolute Gasteiger partial charge is 0.500 e. The molecule has 0 bridgehead atoms. The maximum absolute atomic E-state index is 6.51. The summed E-state index contributed by atoms with van der Waals surface area (Å²) in [5, 5.41) is 0. The van der Waals surface area contributed by atoms with Crippen LogP contribution in [0.4, 0.5) is 0 Å². The van der Waals surface area contributed by atoms with E-state index in [0.717, 1.165) is 64.5 Å². The van der Waals surface area contributed by atoms with E-state index in [4.69, 9.17) is 77.7 Å². The molecule has 0 saturated heterocycles. The molecule has 21 heteroatoms. The van der Waals surface area contributed by atoms with Crippen LogP contribution in [0, 0.1) is 10.8 Å². The Morgan fingerprint density at radius 3 is 0.919 bits per heavy atom. The highest BCUT2D eigenvalue weighted by Crippen LogP contribution is 2.46. The van der Waals surface area contributed by atoms with Gasteiger partial charge >= 0.3 is 26.4 Å². The maximum Gasteiger partial charge on any atom is 0.500 e. The van der Waals surface area contributed by atoms with Crippen molar-refractivity contribution in [3.05, 3.63) is 0 Å². The van der Waals surface area contributed by atoms with E-state index in [1.54, 1.807) is 78.2 Å². The third kappa shape index (κ3) is 32.3. The van der Waals surface area contributed by atoms with Crippen molar-refractivity contribution in [1.29, 1.82) is 0 Å². The lowest BCUT2D eigenvalue weighted by molar-refractivity contribution is -0.0178. The second-order valence-electron chi connectivity index (χ2n) is 19.5. The Balaban J connectivity index is 7.67. The number of ether oxygens (including phenoxy) is 8. The van der Waals surface area contributed by atoms with Crippen LogP contribution >= 0.6 is 0 Å². The lowest BCUT2D eigenvalue weighted by Gasteiger charge is -2.46. The summed E-state index contributed by atoms with van der Waals surface area (Å²) in [4.78, 5) is 2.81. The van der Waals surface area contributed by atoms with Crippen LogP contribution in [-0.2, 0) is 77.7 Å². The molecule has 0 fully saturated rings. The Hall–Kier alpha value is -0.0694. The molecule has 1 unspecified atom stereocenters. The molecular weight excluding hydrogens is 1010 g/mol. The Morgan fingerprint density at radius 1 is 0.338 bits per heavy atom. The predicted molar refractivity (Wildman–Crippen MR) is 299 cm³/mol. The molecule has 0 aromatic carbocycles. The molecule has 0 aromatic rings. The third-order valence-corrected chi connectivity index (χ3v) is 23.2. The van der Waals surface area contributed by atoms with Gasteiger partial charge in [-0.15, -0.1) is 0 Å². The SMILES string of the molecule is CCCCC(CCCC)(CCCC)CN(CCOCCOCCOCCOC)C(CCOCCOCCOCCOC)CC(CCC[Si](OC)(OC)OC)(CCC[Si](OC)(OC)OC)CCC[Si](OC)(OC)OC. The van der Waals surface area contributed by atoms with Crippen LogP contribution in [0.1, 0.15) is 130 Å². The van der Waals surface area contributed by atoms with Crippen molar-refractivity contribution in [3.63, 3.8) is 0 Å². The lowest BCUT2D eigenvalue weighted by Crippen LogP contribution is -2.48. The lowest BCUT2D eigenvalue weighted by atomic mass is 9.69. The average molecular weight is 1120 g/mol. The summed E-state index contributed by atoms with van der Waals surface area (Å²) in [6, 6.07) is 2.22. The summed E-state index contributed by atoms with van der Waals surface area (Å²) in [6.45, 7) is 16.2.